The molecule has 0 aromatic rings. The van der Waals surface area contributed by atoms with Crippen LogP contribution in [0.4, 0.5) is 26.3 Å². The van der Waals surface area contributed by atoms with Crippen LogP contribution >= 0.6 is 0 Å². The zero-order chi connectivity index (χ0) is 15.7. The van der Waals surface area contributed by atoms with E-state index in [0.29, 0.717) is 12.8 Å². The molecule has 2 fully saturated rings. The molecule has 1 spiro atoms. The second kappa shape index (κ2) is 5.99. The number of hydrogen-bond acceptors (Lipinski definition) is 0. The second-order valence-corrected chi connectivity index (χ2v) is 6.79. The summed E-state index contributed by atoms with van der Waals surface area (Å²) in [5, 5.41) is 0. The van der Waals surface area contributed by atoms with Gasteiger partial charge in [-0.05, 0) is 43.9 Å². The van der Waals surface area contributed by atoms with E-state index in [1.165, 1.54) is 0 Å². The second-order valence-electron chi connectivity index (χ2n) is 6.79. The minimum Gasteiger partial charge on any atom is -0.171 e. The highest BCUT2D eigenvalue weighted by atomic mass is 19.4. The van der Waals surface area contributed by atoms with Gasteiger partial charge in [-0.25, -0.2) is 0 Å². The summed E-state index contributed by atoms with van der Waals surface area (Å²) >= 11 is 0. The number of halogens is 6. The fourth-order valence-corrected chi connectivity index (χ4v) is 4.21. The van der Waals surface area contributed by atoms with Crippen molar-refractivity contribution in [2.24, 2.45) is 17.3 Å². The van der Waals surface area contributed by atoms with Crippen LogP contribution in [0, 0.1) is 17.3 Å². The maximum absolute atomic E-state index is 13.0. The van der Waals surface area contributed by atoms with Crippen LogP contribution in [0.2, 0.25) is 0 Å². The number of hydrogen-bond donors (Lipinski definition) is 0. The highest BCUT2D eigenvalue weighted by molar-refractivity contribution is 4.92. The van der Waals surface area contributed by atoms with E-state index in [0.717, 1.165) is 38.5 Å². The van der Waals surface area contributed by atoms with Crippen LogP contribution in [0.3, 0.4) is 0 Å². The normalized spacial score (nSPS) is 31.7. The Balaban J connectivity index is 2.20. The van der Waals surface area contributed by atoms with Crippen molar-refractivity contribution in [3.8, 4) is 0 Å². The van der Waals surface area contributed by atoms with Crippen molar-refractivity contribution < 1.29 is 26.3 Å². The van der Waals surface area contributed by atoms with Crippen LogP contribution in [0.1, 0.15) is 64.2 Å². The fourth-order valence-electron chi connectivity index (χ4n) is 4.21. The smallest absolute Gasteiger partial charge is 0.171 e. The molecule has 124 valence electrons. The highest BCUT2D eigenvalue weighted by Crippen LogP contribution is 2.54. The molecule has 0 heterocycles. The molecule has 2 atom stereocenters. The molecule has 0 aromatic carbocycles. The van der Waals surface area contributed by atoms with Crippen molar-refractivity contribution in [3.63, 3.8) is 0 Å². The molecule has 0 N–H and O–H groups in total. The van der Waals surface area contributed by atoms with Crippen molar-refractivity contribution in [1.29, 1.82) is 0 Å². The average Bonchev–Trinajstić information content (AvgIpc) is 2.67. The molecule has 0 nitrogen and oxygen atoms in total. The fraction of sp³-hybridized carbons (Fsp3) is 1.00. The average molecular weight is 316 g/mol. The molecule has 2 rings (SSSR count). The Morgan fingerprint density at radius 3 is 1.29 bits per heavy atom. The summed E-state index contributed by atoms with van der Waals surface area (Å²) in [4.78, 5) is 0. The van der Waals surface area contributed by atoms with Gasteiger partial charge in [0, 0.05) is 0 Å². The number of alkyl halides is 6. The van der Waals surface area contributed by atoms with E-state index in [2.05, 4.69) is 0 Å². The largest absolute Gasteiger partial charge is 0.392 e. The van der Waals surface area contributed by atoms with Gasteiger partial charge in [-0.3, -0.25) is 0 Å². The first-order chi connectivity index (χ1) is 9.64. The molecule has 0 aromatic heterocycles. The summed E-state index contributed by atoms with van der Waals surface area (Å²) in [7, 11) is 0. The third-order valence-corrected chi connectivity index (χ3v) is 5.46. The predicted molar refractivity (Wildman–Crippen MR) is 67.7 cm³/mol. The van der Waals surface area contributed by atoms with E-state index >= 15 is 0 Å². The molecule has 2 unspecified atom stereocenters. The zero-order valence-electron chi connectivity index (χ0n) is 12.0. The summed E-state index contributed by atoms with van der Waals surface area (Å²) in [5.41, 5.74) is -0.278. The highest BCUT2D eigenvalue weighted by Gasteiger charge is 2.56. The van der Waals surface area contributed by atoms with Gasteiger partial charge < -0.3 is 0 Å². The quantitative estimate of drug-likeness (QED) is 0.463. The molecule has 0 radical (unpaired) electrons. The van der Waals surface area contributed by atoms with Gasteiger partial charge in [-0.15, -0.1) is 0 Å². The first-order valence-electron chi connectivity index (χ1n) is 7.78. The van der Waals surface area contributed by atoms with E-state index in [9.17, 15) is 26.3 Å². The Bertz CT molecular complexity index is 309. The third kappa shape index (κ3) is 4.07. The van der Waals surface area contributed by atoms with Crippen LogP contribution < -0.4 is 0 Å². The minimum absolute atomic E-state index is 0.278. The maximum atomic E-state index is 13.0. The summed E-state index contributed by atoms with van der Waals surface area (Å²) < 4.78 is 78.2. The van der Waals surface area contributed by atoms with Crippen LogP contribution in [0.15, 0.2) is 0 Å². The van der Waals surface area contributed by atoms with Gasteiger partial charge in [-0.1, -0.05) is 25.7 Å². The van der Waals surface area contributed by atoms with E-state index in [4.69, 9.17) is 0 Å². The Hall–Kier alpha value is -0.420. The standard InChI is InChI=1S/C15H22F6/c16-14(17,18)11-5-9-13(7-3-1-2-4-8-13)10-6-12(11)15(19,20)21/h11-12H,1-10H2. The monoisotopic (exact) mass is 316 g/mol. The Morgan fingerprint density at radius 1 is 0.571 bits per heavy atom. The van der Waals surface area contributed by atoms with E-state index < -0.39 is 24.2 Å². The van der Waals surface area contributed by atoms with Gasteiger partial charge in [0.2, 0.25) is 0 Å². The van der Waals surface area contributed by atoms with Crippen LogP contribution in [-0.4, -0.2) is 12.4 Å². The summed E-state index contributed by atoms with van der Waals surface area (Å²) in [6.45, 7) is 0. The van der Waals surface area contributed by atoms with Crippen molar-refractivity contribution in [2.45, 2.75) is 76.6 Å². The minimum atomic E-state index is -4.75. The first kappa shape index (κ1) is 16.9. The molecule has 0 bridgehead atoms. The van der Waals surface area contributed by atoms with Crippen molar-refractivity contribution in [1.82, 2.24) is 0 Å². The van der Waals surface area contributed by atoms with Crippen LogP contribution in [0.5, 0.6) is 0 Å². The lowest BCUT2D eigenvalue weighted by molar-refractivity contribution is -0.254. The molecular formula is C15H22F6. The van der Waals surface area contributed by atoms with Gasteiger partial charge in [0.25, 0.3) is 0 Å². The SMILES string of the molecule is FC(F)(F)C1CCC2(CCCCCC2)CCC1C(F)(F)F. The molecule has 0 aliphatic heterocycles. The van der Waals surface area contributed by atoms with Crippen LogP contribution in [-0.2, 0) is 0 Å². The molecule has 2 aliphatic rings. The molecule has 21 heavy (non-hydrogen) atoms. The van der Waals surface area contributed by atoms with E-state index in [1.807, 2.05) is 0 Å². The summed E-state index contributed by atoms with van der Waals surface area (Å²) in [6, 6.07) is 0. The lowest BCUT2D eigenvalue weighted by Crippen LogP contribution is -2.38. The van der Waals surface area contributed by atoms with E-state index in [1.54, 1.807) is 0 Å². The van der Waals surface area contributed by atoms with Crippen molar-refractivity contribution >= 4 is 0 Å². The maximum Gasteiger partial charge on any atom is 0.392 e. The predicted octanol–water partition coefficient (Wildman–Crippen LogP) is 6.26. The molecule has 0 saturated heterocycles. The Morgan fingerprint density at radius 2 is 0.952 bits per heavy atom. The molecular weight excluding hydrogens is 294 g/mol. The molecule has 2 aliphatic carbocycles. The Labute approximate surface area is 121 Å². The molecule has 0 amide bonds. The zero-order valence-corrected chi connectivity index (χ0v) is 12.0. The topological polar surface area (TPSA) is 0 Å². The van der Waals surface area contributed by atoms with Gasteiger partial charge in [0.15, 0.2) is 0 Å². The summed E-state index contributed by atoms with van der Waals surface area (Å²) in [5.74, 6) is -4.44. The van der Waals surface area contributed by atoms with Gasteiger partial charge in [-0.2, -0.15) is 26.3 Å². The van der Waals surface area contributed by atoms with Crippen LogP contribution in [0.25, 0.3) is 0 Å². The van der Waals surface area contributed by atoms with E-state index in [-0.39, 0.29) is 18.3 Å². The number of rotatable bonds is 0. The van der Waals surface area contributed by atoms with Crippen molar-refractivity contribution in [2.75, 3.05) is 0 Å². The molecule has 2 saturated carbocycles. The van der Waals surface area contributed by atoms with Gasteiger partial charge in [0.05, 0.1) is 11.8 Å². The summed E-state index contributed by atoms with van der Waals surface area (Å²) in [6.07, 6.45) is -4.09. The molecule has 6 heteroatoms. The lowest BCUT2D eigenvalue weighted by atomic mass is 9.74. The van der Waals surface area contributed by atoms with Gasteiger partial charge in [0.1, 0.15) is 0 Å². The van der Waals surface area contributed by atoms with Gasteiger partial charge >= 0.3 is 12.4 Å². The van der Waals surface area contributed by atoms with Crippen molar-refractivity contribution in [3.05, 3.63) is 0 Å². The third-order valence-electron chi connectivity index (χ3n) is 5.46. The lowest BCUT2D eigenvalue weighted by Gasteiger charge is -2.31. The first-order valence-corrected chi connectivity index (χ1v) is 7.78. The Kier molecular flexibility index (Phi) is 4.84.